The molecule has 0 aliphatic carbocycles. The van der Waals surface area contributed by atoms with Gasteiger partial charge in [-0.05, 0) is 48.4 Å². The predicted molar refractivity (Wildman–Crippen MR) is 144 cm³/mol. The highest BCUT2D eigenvalue weighted by Crippen LogP contribution is 2.33. The summed E-state index contributed by atoms with van der Waals surface area (Å²) in [6, 6.07) is 19.7. The maximum absolute atomic E-state index is 13.1. The van der Waals surface area contributed by atoms with Crippen LogP contribution in [0.3, 0.4) is 0 Å². The molecule has 1 fully saturated rings. The Morgan fingerprint density at radius 1 is 0.923 bits per heavy atom. The van der Waals surface area contributed by atoms with Gasteiger partial charge >= 0.3 is 6.09 Å². The van der Waals surface area contributed by atoms with E-state index in [1.807, 2.05) is 24.3 Å². The van der Waals surface area contributed by atoms with Crippen LogP contribution in [-0.2, 0) is 16.0 Å². The van der Waals surface area contributed by atoms with Crippen LogP contribution in [-0.4, -0.2) is 66.6 Å². The zero-order valence-corrected chi connectivity index (χ0v) is 21.1. The Kier molecular flexibility index (Phi) is 6.68. The quantitative estimate of drug-likeness (QED) is 0.424. The Balaban J connectivity index is 1.13. The van der Waals surface area contributed by atoms with Gasteiger partial charge in [-0.15, -0.1) is 0 Å². The molecule has 0 saturated carbocycles. The molecule has 0 radical (unpaired) electrons. The van der Waals surface area contributed by atoms with Crippen molar-refractivity contribution in [3.05, 3.63) is 82.6 Å². The standard InChI is InChI=1S/C29H26N4O6/c34-26(32-13-15-37-16-14-32)18-38-22-10-5-19-11-12-33(25(19)17-22)29(36)39-21-8-6-20(7-9-21)27-23-3-1-2-4-24(23)28(35)31-30-27/h1-10,17H,11-16,18H2,(H,31,35). The van der Waals surface area contributed by atoms with E-state index in [2.05, 4.69) is 10.2 Å². The third kappa shape index (κ3) is 5.06. The Morgan fingerprint density at radius 3 is 2.46 bits per heavy atom. The lowest BCUT2D eigenvalue weighted by Gasteiger charge is -2.26. The third-order valence-corrected chi connectivity index (χ3v) is 6.93. The summed E-state index contributed by atoms with van der Waals surface area (Å²) in [6.45, 7) is 2.59. The van der Waals surface area contributed by atoms with Crippen molar-refractivity contribution in [3.8, 4) is 22.8 Å². The maximum atomic E-state index is 13.1. The number of fused-ring (bicyclic) bond motifs is 2. The van der Waals surface area contributed by atoms with E-state index >= 15 is 0 Å². The summed E-state index contributed by atoms with van der Waals surface area (Å²) >= 11 is 0. The summed E-state index contributed by atoms with van der Waals surface area (Å²) in [5.41, 5.74) is 2.88. The van der Waals surface area contributed by atoms with Gasteiger partial charge in [0.25, 0.3) is 11.5 Å². The Morgan fingerprint density at radius 2 is 1.67 bits per heavy atom. The Hall–Kier alpha value is -4.70. The number of carbonyl (C=O) groups excluding carboxylic acids is 2. The van der Waals surface area contributed by atoms with Gasteiger partial charge in [-0.3, -0.25) is 14.5 Å². The number of amides is 2. The number of hydrogen-bond acceptors (Lipinski definition) is 7. The van der Waals surface area contributed by atoms with Crippen LogP contribution in [0.4, 0.5) is 10.5 Å². The fourth-order valence-corrected chi connectivity index (χ4v) is 4.86. The van der Waals surface area contributed by atoms with Gasteiger partial charge in [0, 0.05) is 36.7 Å². The van der Waals surface area contributed by atoms with Crippen LogP contribution in [0, 0.1) is 0 Å². The van der Waals surface area contributed by atoms with Gasteiger partial charge < -0.3 is 19.1 Å². The van der Waals surface area contributed by atoms with Gasteiger partial charge in [0.05, 0.1) is 30.0 Å². The Labute approximate surface area is 223 Å². The van der Waals surface area contributed by atoms with Gasteiger partial charge in [-0.25, -0.2) is 9.89 Å². The van der Waals surface area contributed by atoms with E-state index < -0.39 is 6.09 Å². The van der Waals surface area contributed by atoms with Crippen LogP contribution < -0.4 is 19.9 Å². The molecular formula is C29H26N4O6. The number of H-pyrrole nitrogens is 1. The number of ether oxygens (including phenoxy) is 3. The average Bonchev–Trinajstić information content (AvgIpc) is 3.41. The molecule has 6 rings (SSSR count). The number of nitrogens with one attached hydrogen (secondary N) is 1. The van der Waals surface area contributed by atoms with E-state index in [9.17, 15) is 14.4 Å². The number of carbonyl (C=O) groups is 2. The first kappa shape index (κ1) is 24.6. The number of nitrogens with zero attached hydrogens (tertiary/aromatic N) is 3. The SMILES string of the molecule is O=C(COc1ccc2c(c1)N(C(=O)Oc1ccc(-c3n[nH]c(=O)c4ccccc34)cc1)CC2)N1CCOCC1. The highest BCUT2D eigenvalue weighted by Gasteiger charge is 2.27. The van der Waals surface area contributed by atoms with E-state index in [-0.39, 0.29) is 18.1 Å². The topological polar surface area (TPSA) is 114 Å². The first-order chi connectivity index (χ1) is 19.1. The van der Waals surface area contributed by atoms with Gasteiger partial charge in [0.1, 0.15) is 11.5 Å². The summed E-state index contributed by atoms with van der Waals surface area (Å²) in [4.78, 5) is 40.9. The molecule has 1 N–H and O–H groups in total. The molecule has 1 saturated heterocycles. The summed E-state index contributed by atoms with van der Waals surface area (Å²) in [5, 5.41) is 8.05. The van der Waals surface area contributed by atoms with Crippen molar-refractivity contribution in [2.45, 2.75) is 6.42 Å². The number of anilines is 1. The molecule has 0 spiro atoms. The number of rotatable bonds is 5. The summed E-state index contributed by atoms with van der Waals surface area (Å²) < 4.78 is 16.7. The van der Waals surface area contributed by atoms with Crippen molar-refractivity contribution >= 4 is 28.5 Å². The van der Waals surface area contributed by atoms with Crippen LogP contribution in [0.15, 0.2) is 71.5 Å². The minimum absolute atomic E-state index is 0.0744. The molecule has 2 aliphatic rings. The Bertz CT molecular complexity index is 1590. The lowest BCUT2D eigenvalue weighted by atomic mass is 10.1. The molecule has 1 aromatic heterocycles. The molecule has 10 heteroatoms. The van der Waals surface area contributed by atoms with Crippen LogP contribution in [0.5, 0.6) is 11.5 Å². The van der Waals surface area contributed by atoms with E-state index in [4.69, 9.17) is 14.2 Å². The summed E-state index contributed by atoms with van der Waals surface area (Å²) in [5.74, 6) is 0.804. The zero-order valence-electron chi connectivity index (χ0n) is 21.1. The van der Waals surface area contributed by atoms with Crippen LogP contribution in [0.2, 0.25) is 0 Å². The van der Waals surface area contributed by atoms with Gasteiger partial charge in [0.2, 0.25) is 0 Å². The van der Waals surface area contributed by atoms with E-state index in [1.165, 1.54) is 0 Å². The van der Waals surface area contributed by atoms with E-state index in [0.29, 0.717) is 67.5 Å². The molecular weight excluding hydrogens is 500 g/mol. The highest BCUT2D eigenvalue weighted by atomic mass is 16.6. The van der Waals surface area contributed by atoms with Crippen LogP contribution in [0.1, 0.15) is 5.56 Å². The third-order valence-electron chi connectivity index (χ3n) is 6.93. The van der Waals surface area contributed by atoms with Crippen molar-refractivity contribution in [1.82, 2.24) is 15.1 Å². The summed E-state index contributed by atoms with van der Waals surface area (Å²) in [6.07, 6.45) is 0.192. The largest absolute Gasteiger partial charge is 0.484 e. The van der Waals surface area contributed by atoms with Gasteiger partial charge in [0.15, 0.2) is 6.61 Å². The van der Waals surface area contributed by atoms with Gasteiger partial charge in [-0.2, -0.15) is 5.10 Å². The molecule has 0 unspecified atom stereocenters. The smallest absolute Gasteiger partial charge is 0.419 e. The fourth-order valence-electron chi connectivity index (χ4n) is 4.86. The normalized spacial score (nSPS) is 14.8. The monoisotopic (exact) mass is 526 g/mol. The molecule has 10 nitrogen and oxygen atoms in total. The van der Waals surface area contributed by atoms with Gasteiger partial charge in [-0.1, -0.05) is 24.3 Å². The van der Waals surface area contributed by atoms with Crippen molar-refractivity contribution in [2.24, 2.45) is 0 Å². The van der Waals surface area contributed by atoms with Crippen molar-refractivity contribution in [2.75, 3.05) is 44.4 Å². The highest BCUT2D eigenvalue weighted by molar-refractivity contribution is 5.94. The number of morpholine rings is 1. The van der Waals surface area contributed by atoms with E-state index in [0.717, 1.165) is 16.5 Å². The lowest BCUT2D eigenvalue weighted by molar-refractivity contribution is -0.137. The first-order valence-corrected chi connectivity index (χ1v) is 12.8. The molecule has 0 bridgehead atoms. The van der Waals surface area contributed by atoms with Crippen molar-refractivity contribution < 1.29 is 23.8 Å². The second kappa shape index (κ2) is 10.6. The molecule has 0 atom stereocenters. The number of hydrogen-bond donors (Lipinski definition) is 1. The molecule has 3 heterocycles. The number of benzene rings is 3. The summed E-state index contributed by atoms with van der Waals surface area (Å²) in [7, 11) is 0. The number of aromatic amines is 1. The minimum atomic E-state index is -0.504. The predicted octanol–water partition coefficient (Wildman–Crippen LogP) is 3.39. The molecule has 4 aromatic rings. The van der Waals surface area contributed by atoms with Crippen LogP contribution >= 0.6 is 0 Å². The zero-order chi connectivity index (χ0) is 26.8. The van der Waals surface area contributed by atoms with E-state index in [1.54, 1.807) is 52.3 Å². The molecule has 2 aliphatic heterocycles. The molecule has 2 amide bonds. The second-order valence-electron chi connectivity index (χ2n) is 9.31. The molecule has 3 aromatic carbocycles. The first-order valence-electron chi connectivity index (χ1n) is 12.8. The number of aromatic nitrogens is 2. The van der Waals surface area contributed by atoms with Crippen LogP contribution in [0.25, 0.3) is 22.0 Å². The lowest BCUT2D eigenvalue weighted by Crippen LogP contribution is -2.42. The second-order valence-corrected chi connectivity index (χ2v) is 9.31. The maximum Gasteiger partial charge on any atom is 0.419 e. The van der Waals surface area contributed by atoms with Crippen molar-refractivity contribution in [3.63, 3.8) is 0 Å². The fraction of sp³-hybridized carbons (Fsp3) is 0.241. The molecule has 39 heavy (non-hydrogen) atoms. The van der Waals surface area contributed by atoms with Crippen molar-refractivity contribution in [1.29, 1.82) is 0 Å². The average molecular weight is 527 g/mol. The minimum Gasteiger partial charge on any atom is -0.484 e. The molecule has 198 valence electrons.